The molecule has 0 saturated heterocycles. The Morgan fingerprint density at radius 2 is 1.77 bits per heavy atom. The van der Waals surface area contributed by atoms with Gasteiger partial charge in [0.1, 0.15) is 11.6 Å². The predicted octanol–water partition coefficient (Wildman–Crippen LogP) is 1.81. The van der Waals surface area contributed by atoms with E-state index in [1.165, 1.54) is 31.4 Å². The molecule has 1 heterocycles. The molecule has 1 aromatic rings. The first-order valence-corrected chi connectivity index (χ1v) is 4.97. The van der Waals surface area contributed by atoms with Gasteiger partial charge in [-0.05, 0) is 25.7 Å². The third-order valence-corrected chi connectivity index (χ3v) is 2.72. The molecule has 13 heavy (non-hydrogen) atoms. The Bertz CT molecular complexity index is 310. The van der Waals surface area contributed by atoms with Crippen molar-refractivity contribution in [3.8, 4) is 0 Å². The van der Waals surface area contributed by atoms with Gasteiger partial charge in [0.2, 0.25) is 0 Å². The average Bonchev–Trinajstić information content (AvgIpc) is 2.98. The summed E-state index contributed by atoms with van der Waals surface area (Å²) in [5, 5.41) is 0. The smallest absolute Gasteiger partial charge is 0.134 e. The summed E-state index contributed by atoms with van der Waals surface area (Å²) < 4.78 is 0. The molecule has 3 heteroatoms. The maximum Gasteiger partial charge on any atom is 0.134 e. The van der Waals surface area contributed by atoms with Crippen molar-refractivity contribution in [2.45, 2.75) is 37.5 Å². The highest BCUT2D eigenvalue weighted by molar-refractivity contribution is 5.34. The average molecular weight is 175 g/mol. The molecule has 1 aromatic heterocycles. The van der Waals surface area contributed by atoms with Gasteiger partial charge >= 0.3 is 0 Å². The number of hydrogen-bond acceptors (Lipinski definition) is 3. The fourth-order valence-corrected chi connectivity index (χ4v) is 1.62. The molecule has 2 aliphatic rings. The van der Waals surface area contributed by atoms with Gasteiger partial charge in [-0.15, -0.1) is 0 Å². The second-order valence-electron chi connectivity index (χ2n) is 4.12. The van der Waals surface area contributed by atoms with Crippen LogP contribution < -0.4 is 5.73 Å². The molecular formula is C10H13N3. The maximum atomic E-state index is 5.74. The molecule has 3 rings (SSSR count). The van der Waals surface area contributed by atoms with Gasteiger partial charge in [-0.1, -0.05) is 0 Å². The summed E-state index contributed by atoms with van der Waals surface area (Å²) in [6, 6.07) is 1.93. The van der Waals surface area contributed by atoms with Crippen LogP contribution >= 0.6 is 0 Å². The summed E-state index contributed by atoms with van der Waals surface area (Å²) in [4.78, 5) is 8.84. The van der Waals surface area contributed by atoms with Crippen molar-refractivity contribution in [3.63, 3.8) is 0 Å². The van der Waals surface area contributed by atoms with E-state index < -0.39 is 0 Å². The summed E-state index contributed by atoms with van der Waals surface area (Å²) in [5.41, 5.74) is 6.91. The number of nitrogens with two attached hydrogens (primary N) is 1. The van der Waals surface area contributed by atoms with Crippen LogP contribution in [0.15, 0.2) is 6.07 Å². The van der Waals surface area contributed by atoms with Crippen LogP contribution in [-0.4, -0.2) is 9.97 Å². The second kappa shape index (κ2) is 2.44. The Hall–Kier alpha value is -1.12. The van der Waals surface area contributed by atoms with Crippen molar-refractivity contribution in [3.05, 3.63) is 17.6 Å². The summed E-state index contributed by atoms with van der Waals surface area (Å²) >= 11 is 0. The number of anilines is 1. The minimum absolute atomic E-state index is 0.612. The minimum Gasteiger partial charge on any atom is -0.384 e. The normalized spacial score (nSPS) is 21.8. The van der Waals surface area contributed by atoms with Crippen LogP contribution in [-0.2, 0) is 0 Å². The van der Waals surface area contributed by atoms with Gasteiger partial charge in [-0.25, -0.2) is 9.97 Å². The standard InChI is InChI=1S/C10H13N3/c11-9-5-8(6-1-2-6)12-10(13-9)7-3-4-7/h5-7H,1-4H2,(H2,11,12,13). The summed E-state index contributed by atoms with van der Waals surface area (Å²) in [6.07, 6.45) is 5.04. The molecule has 2 N–H and O–H groups in total. The highest BCUT2D eigenvalue weighted by Gasteiger charge is 2.30. The van der Waals surface area contributed by atoms with E-state index >= 15 is 0 Å². The highest BCUT2D eigenvalue weighted by Crippen LogP contribution is 2.42. The van der Waals surface area contributed by atoms with E-state index in [2.05, 4.69) is 9.97 Å². The number of nitrogens with zero attached hydrogens (tertiary/aromatic N) is 2. The van der Waals surface area contributed by atoms with Crippen LogP contribution in [0.1, 0.15) is 49.0 Å². The second-order valence-corrected chi connectivity index (χ2v) is 4.12. The van der Waals surface area contributed by atoms with Crippen molar-refractivity contribution in [1.29, 1.82) is 0 Å². The molecule has 0 spiro atoms. The largest absolute Gasteiger partial charge is 0.384 e. The van der Waals surface area contributed by atoms with Crippen molar-refractivity contribution >= 4 is 5.82 Å². The van der Waals surface area contributed by atoms with Crippen LogP contribution in [0.3, 0.4) is 0 Å². The van der Waals surface area contributed by atoms with E-state index in [1.807, 2.05) is 6.07 Å². The van der Waals surface area contributed by atoms with Crippen molar-refractivity contribution in [2.24, 2.45) is 0 Å². The summed E-state index contributed by atoms with van der Waals surface area (Å²) in [5.74, 6) is 2.93. The lowest BCUT2D eigenvalue weighted by atomic mass is 10.2. The maximum absolute atomic E-state index is 5.74. The highest BCUT2D eigenvalue weighted by atomic mass is 15.0. The number of hydrogen-bond donors (Lipinski definition) is 1. The van der Waals surface area contributed by atoms with E-state index in [0.717, 1.165) is 5.82 Å². The molecule has 0 aromatic carbocycles. The fraction of sp³-hybridized carbons (Fsp3) is 0.600. The van der Waals surface area contributed by atoms with E-state index in [4.69, 9.17) is 5.73 Å². The first-order chi connectivity index (χ1) is 6.33. The van der Waals surface area contributed by atoms with Crippen molar-refractivity contribution in [1.82, 2.24) is 9.97 Å². The van der Waals surface area contributed by atoms with E-state index in [9.17, 15) is 0 Å². The molecule has 2 aliphatic carbocycles. The third kappa shape index (κ3) is 1.39. The van der Waals surface area contributed by atoms with E-state index in [-0.39, 0.29) is 0 Å². The van der Waals surface area contributed by atoms with Crippen LogP contribution in [0.2, 0.25) is 0 Å². The molecule has 2 fully saturated rings. The van der Waals surface area contributed by atoms with Gasteiger partial charge in [-0.2, -0.15) is 0 Å². The molecule has 0 radical (unpaired) electrons. The van der Waals surface area contributed by atoms with Gasteiger partial charge < -0.3 is 5.73 Å². The first-order valence-electron chi connectivity index (χ1n) is 4.97. The molecule has 0 unspecified atom stereocenters. The zero-order valence-corrected chi connectivity index (χ0v) is 7.53. The molecule has 0 aliphatic heterocycles. The lowest BCUT2D eigenvalue weighted by molar-refractivity contribution is 0.878. The van der Waals surface area contributed by atoms with Gasteiger partial charge in [0.15, 0.2) is 0 Å². The Kier molecular flexibility index (Phi) is 1.37. The Morgan fingerprint density at radius 1 is 1.08 bits per heavy atom. The topological polar surface area (TPSA) is 51.8 Å². The summed E-state index contributed by atoms with van der Waals surface area (Å²) in [7, 11) is 0. The molecule has 68 valence electrons. The van der Waals surface area contributed by atoms with E-state index in [1.54, 1.807) is 0 Å². The fourth-order valence-electron chi connectivity index (χ4n) is 1.62. The summed E-state index contributed by atoms with van der Waals surface area (Å²) in [6.45, 7) is 0. The molecule has 0 bridgehead atoms. The monoisotopic (exact) mass is 175 g/mol. The van der Waals surface area contributed by atoms with Crippen molar-refractivity contribution < 1.29 is 0 Å². The molecule has 2 saturated carbocycles. The zero-order valence-electron chi connectivity index (χ0n) is 7.53. The molecular weight excluding hydrogens is 162 g/mol. The number of aromatic nitrogens is 2. The quantitative estimate of drug-likeness (QED) is 0.745. The van der Waals surface area contributed by atoms with E-state index in [0.29, 0.717) is 17.7 Å². The number of rotatable bonds is 2. The van der Waals surface area contributed by atoms with Gasteiger partial charge in [0.05, 0.1) is 0 Å². The third-order valence-electron chi connectivity index (χ3n) is 2.72. The Morgan fingerprint density at radius 3 is 2.38 bits per heavy atom. The van der Waals surface area contributed by atoms with Crippen molar-refractivity contribution in [2.75, 3.05) is 5.73 Å². The number of nitrogen functional groups attached to an aromatic ring is 1. The zero-order chi connectivity index (χ0) is 8.84. The molecule has 0 atom stereocenters. The SMILES string of the molecule is Nc1cc(C2CC2)nc(C2CC2)n1. The van der Waals surface area contributed by atoms with Crippen LogP contribution in [0, 0.1) is 0 Å². The van der Waals surface area contributed by atoms with Crippen LogP contribution in [0.5, 0.6) is 0 Å². The van der Waals surface area contributed by atoms with Gasteiger partial charge in [0.25, 0.3) is 0 Å². The van der Waals surface area contributed by atoms with Crippen LogP contribution in [0.4, 0.5) is 5.82 Å². The first kappa shape index (κ1) is 7.30. The minimum atomic E-state index is 0.612. The molecule has 0 amide bonds. The lowest BCUT2D eigenvalue weighted by Gasteiger charge is -2.02. The molecule has 3 nitrogen and oxygen atoms in total. The Labute approximate surface area is 77.4 Å². The van der Waals surface area contributed by atoms with Gasteiger partial charge in [-0.3, -0.25) is 0 Å². The Balaban J connectivity index is 1.99. The van der Waals surface area contributed by atoms with Gasteiger partial charge in [0, 0.05) is 23.6 Å². The predicted molar refractivity (Wildman–Crippen MR) is 50.4 cm³/mol. The van der Waals surface area contributed by atoms with Crippen LogP contribution in [0.25, 0.3) is 0 Å². The lowest BCUT2D eigenvalue weighted by Crippen LogP contribution is -2.01.